The maximum atomic E-state index is 16.6. The fraction of sp³-hybridized carbons (Fsp3) is 0.381. The maximum absolute atomic E-state index is 16.6. The molecule has 11 heteroatoms. The van der Waals surface area contributed by atoms with Crippen molar-refractivity contribution in [2.75, 3.05) is 26.7 Å². The van der Waals surface area contributed by atoms with E-state index in [-0.39, 0.29) is 24.3 Å². The van der Waals surface area contributed by atoms with Crippen LogP contribution >= 0.6 is 0 Å². The molecule has 0 radical (unpaired) electrons. The Labute approximate surface area is 308 Å². The van der Waals surface area contributed by atoms with Gasteiger partial charge in [0.25, 0.3) is 14.2 Å². The SMILES string of the molecule is COC(c1cc(F)c([C@@H]2c3[nH]c4ccc(F)cc4c3C[C@@H](C)N2CC(F)(F)CCC(C)(C)[Si](O)(c2ccccc2)c2ccccc2)c(F)c1)C1CNC1. The van der Waals surface area contributed by atoms with Gasteiger partial charge in [-0.15, -0.1) is 0 Å². The highest BCUT2D eigenvalue weighted by Gasteiger charge is 2.52. The molecule has 0 amide bonds. The molecule has 53 heavy (non-hydrogen) atoms. The van der Waals surface area contributed by atoms with E-state index in [0.29, 0.717) is 40.8 Å². The highest BCUT2D eigenvalue weighted by molar-refractivity contribution is 6.98. The van der Waals surface area contributed by atoms with Crippen molar-refractivity contribution < 1.29 is 31.5 Å². The van der Waals surface area contributed by atoms with Crippen LogP contribution in [0.15, 0.2) is 91.0 Å². The minimum Gasteiger partial charge on any atom is -0.424 e. The van der Waals surface area contributed by atoms with Gasteiger partial charge in [-0.2, -0.15) is 0 Å². The monoisotopic (exact) mass is 747 g/mol. The van der Waals surface area contributed by atoms with Crippen LogP contribution in [0.5, 0.6) is 0 Å². The highest BCUT2D eigenvalue weighted by Crippen LogP contribution is 2.47. The molecule has 0 bridgehead atoms. The minimum atomic E-state index is -3.57. The topological polar surface area (TPSA) is 60.5 Å². The zero-order chi connectivity index (χ0) is 37.7. The molecular formula is C42H46F5N3O2Si. The Morgan fingerprint density at radius 3 is 2.04 bits per heavy atom. The van der Waals surface area contributed by atoms with Gasteiger partial charge in [0.1, 0.15) is 17.5 Å². The standard InChI is InChI=1S/C42H46F5N3O2Si/c1-26-19-33-32-22-29(43)15-16-36(32)49-38(33)39(37-34(44)20-27(21-35(37)45)40(52-4)28-23-48-24-28)50(26)25-42(46,47)18-17-41(2,3)53(51,30-11-7-5-8-12-30)31-13-9-6-10-14-31/h5-16,20-22,26,28,39-40,48-49,51H,17-19,23-25H2,1-4H3/t26-,39-,40?/m1/s1. The second-order valence-corrected chi connectivity index (χ2v) is 19.4. The van der Waals surface area contributed by atoms with Crippen molar-refractivity contribution in [2.45, 2.75) is 69.2 Å². The third-order valence-corrected chi connectivity index (χ3v) is 16.2. The molecule has 2 aliphatic rings. The van der Waals surface area contributed by atoms with E-state index in [9.17, 15) is 9.19 Å². The van der Waals surface area contributed by atoms with Gasteiger partial charge >= 0.3 is 0 Å². The summed E-state index contributed by atoms with van der Waals surface area (Å²) in [5.41, 5.74) is 1.57. The molecule has 0 aliphatic carbocycles. The van der Waals surface area contributed by atoms with E-state index in [2.05, 4.69) is 10.3 Å². The lowest BCUT2D eigenvalue weighted by molar-refractivity contribution is -0.0615. The molecule has 3 atom stereocenters. The zero-order valence-corrected chi connectivity index (χ0v) is 31.4. The normalized spacial score (nSPS) is 19.3. The fourth-order valence-electron chi connectivity index (χ4n) is 8.57. The van der Waals surface area contributed by atoms with Gasteiger partial charge in [0.05, 0.1) is 18.7 Å². The first-order chi connectivity index (χ1) is 25.2. The van der Waals surface area contributed by atoms with Crippen molar-refractivity contribution in [3.8, 4) is 0 Å². The number of H-pyrrole nitrogens is 1. The average molecular weight is 748 g/mol. The predicted octanol–water partition coefficient (Wildman–Crippen LogP) is 7.78. The first-order valence-electron chi connectivity index (χ1n) is 18.2. The van der Waals surface area contributed by atoms with Crippen LogP contribution < -0.4 is 15.7 Å². The van der Waals surface area contributed by atoms with E-state index in [1.807, 2.05) is 74.5 Å². The van der Waals surface area contributed by atoms with Crippen molar-refractivity contribution in [3.63, 3.8) is 0 Å². The number of methoxy groups -OCH3 is 1. The minimum absolute atomic E-state index is 0.0117. The van der Waals surface area contributed by atoms with Crippen LogP contribution in [0.4, 0.5) is 22.0 Å². The number of nitrogens with one attached hydrogen (secondary N) is 2. The van der Waals surface area contributed by atoms with E-state index in [0.717, 1.165) is 10.4 Å². The second kappa shape index (κ2) is 14.4. The number of nitrogens with zero attached hydrogens (tertiary/aromatic N) is 1. The lowest BCUT2D eigenvalue weighted by Crippen LogP contribution is -2.65. The molecule has 5 nitrogen and oxygen atoms in total. The van der Waals surface area contributed by atoms with Crippen LogP contribution in [-0.2, 0) is 11.2 Å². The van der Waals surface area contributed by atoms with E-state index in [1.54, 1.807) is 13.0 Å². The largest absolute Gasteiger partial charge is 0.424 e. The van der Waals surface area contributed by atoms with Gasteiger partial charge in [0, 0.05) is 60.7 Å². The number of halogens is 5. The number of ether oxygens (including phenoxy) is 1. The van der Waals surface area contributed by atoms with Gasteiger partial charge in [-0.3, -0.25) is 4.90 Å². The van der Waals surface area contributed by atoms with Crippen LogP contribution in [-0.4, -0.2) is 61.7 Å². The van der Waals surface area contributed by atoms with Gasteiger partial charge in [-0.05, 0) is 76.6 Å². The molecular weight excluding hydrogens is 702 g/mol. The van der Waals surface area contributed by atoms with Gasteiger partial charge in [-0.25, -0.2) is 22.0 Å². The number of rotatable bonds is 12. The number of benzene rings is 4. The maximum Gasteiger partial charge on any atom is 0.260 e. The zero-order valence-electron chi connectivity index (χ0n) is 30.4. The first kappa shape index (κ1) is 37.4. The summed E-state index contributed by atoms with van der Waals surface area (Å²) in [5, 5.41) is 4.24. The summed E-state index contributed by atoms with van der Waals surface area (Å²) in [5.74, 6) is -5.46. The number of alkyl halides is 2. The van der Waals surface area contributed by atoms with Crippen LogP contribution in [0, 0.1) is 23.4 Å². The molecule has 2 aliphatic heterocycles. The third-order valence-electron chi connectivity index (χ3n) is 11.7. The molecule has 280 valence electrons. The van der Waals surface area contributed by atoms with E-state index >= 15 is 17.6 Å². The molecule has 3 N–H and O–H groups in total. The number of aromatic nitrogens is 1. The van der Waals surface area contributed by atoms with E-state index < -0.39 is 67.9 Å². The van der Waals surface area contributed by atoms with Crippen molar-refractivity contribution in [2.24, 2.45) is 5.92 Å². The molecule has 1 fully saturated rings. The fourth-order valence-corrected chi connectivity index (χ4v) is 12.3. The Morgan fingerprint density at radius 1 is 0.887 bits per heavy atom. The summed E-state index contributed by atoms with van der Waals surface area (Å²) >= 11 is 0. The van der Waals surface area contributed by atoms with Crippen LogP contribution in [0.1, 0.15) is 68.1 Å². The number of hydrogen-bond acceptors (Lipinski definition) is 4. The summed E-state index contributed by atoms with van der Waals surface area (Å²) < 4.78 is 86.3. The Hall–Kier alpha value is -3.87. The Morgan fingerprint density at radius 2 is 1.49 bits per heavy atom. The molecule has 1 saturated heterocycles. The third kappa shape index (κ3) is 6.87. The molecule has 5 aromatic rings. The Kier molecular flexibility index (Phi) is 10.2. The van der Waals surface area contributed by atoms with E-state index in [4.69, 9.17) is 4.74 Å². The van der Waals surface area contributed by atoms with Crippen molar-refractivity contribution in [1.82, 2.24) is 15.2 Å². The molecule has 4 aromatic carbocycles. The van der Waals surface area contributed by atoms with Crippen LogP contribution in [0.25, 0.3) is 10.9 Å². The van der Waals surface area contributed by atoms with Gasteiger partial charge < -0.3 is 19.8 Å². The molecule has 3 heterocycles. The summed E-state index contributed by atoms with van der Waals surface area (Å²) in [6.07, 6.45) is -0.844. The lowest BCUT2D eigenvalue weighted by atomic mass is 9.85. The number of fused-ring (bicyclic) bond motifs is 3. The molecule has 0 saturated carbocycles. The number of hydrogen-bond donors (Lipinski definition) is 3. The van der Waals surface area contributed by atoms with Crippen LogP contribution in [0.2, 0.25) is 5.04 Å². The quantitative estimate of drug-likeness (QED) is 0.0902. The Bertz CT molecular complexity index is 2010. The predicted molar refractivity (Wildman–Crippen MR) is 201 cm³/mol. The second-order valence-electron chi connectivity index (χ2n) is 15.5. The molecule has 7 rings (SSSR count). The summed E-state index contributed by atoms with van der Waals surface area (Å²) in [4.78, 5) is 17.3. The lowest BCUT2D eigenvalue weighted by Gasteiger charge is -2.44. The summed E-state index contributed by atoms with van der Waals surface area (Å²) in [6.45, 7) is 5.96. The van der Waals surface area contributed by atoms with E-state index in [1.165, 1.54) is 36.3 Å². The average Bonchev–Trinajstić information content (AvgIpc) is 3.46. The number of aromatic amines is 1. The van der Waals surface area contributed by atoms with Gasteiger partial charge in [0.15, 0.2) is 0 Å². The van der Waals surface area contributed by atoms with Crippen LogP contribution in [0.3, 0.4) is 0 Å². The van der Waals surface area contributed by atoms with Crippen molar-refractivity contribution >= 4 is 29.6 Å². The molecule has 1 aromatic heterocycles. The molecule has 1 unspecified atom stereocenters. The van der Waals surface area contributed by atoms with Crippen molar-refractivity contribution in [3.05, 3.63) is 131 Å². The Balaban J connectivity index is 1.25. The van der Waals surface area contributed by atoms with Gasteiger partial charge in [0.2, 0.25) is 0 Å². The smallest absolute Gasteiger partial charge is 0.260 e. The summed E-state index contributed by atoms with van der Waals surface area (Å²) in [7, 11) is -2.07. The highest BCUT2D eigenvalue weighted by atomic mass is 28.4. The summed E-state index contributed by atoms with van der Waals surface area (Å²) in [6, 6.07) is 23.4. The molecule has 0 spiro atoms. The van der Waals surface area contributed by atoms with Gasteiger partial charge in [-0.1, -0.05) is 74.5 Å². The van der Waals surface area contributed by atoms with Crippen molar-refractivity contribution in [1.29, 1.82) is 0 Å². The first-order valence-corrected chi connectivity index (χ1v) is 20.2.